The van der Waals surface area contributed by atoms with Crippen molar-refractivity contribution in [3.63, 3.8) is 0 Å². The van der Waals surface area contributed by atoms with Gasteiger partial charge in [-0.1, -0.05) is 38.7 Å². The van der Waals surface area contributed by atoms with Crippen molar-refractivity contribution >= 4 is 5.71 Å². The van der Waals surface area contributed by atoms with Crippen LogP contribution in [0.1, 0.15) is 27.7 Å². The Morgan fingerprint density at radius 2 is 2.00 bits per heavy atom. The van der Waals surface area contributed by atoms with Crippen molar-refractivity contribution in [3.05, 3.63) is 36.1 Å². The molecule has 1 aliphatic heterocycles. The topological polar surface area (TPSA) is 12.4 Å². The lowest BCUT2D eigenvalue weighted by Gasteiger charge is -2.20. The van der Waals surface area contributed by atoms with E-state index in [9.17, 15) is 0 Å². The second-order valence-corrected chi connectivity index (χ2v) is 3.88. The fraction of sp³-hybridized carbons (Fsp3) is 0.417. The van der Waals surface area contributed by atoms with Crippen LogP contribution in [0.4, 0.5) is 0 Å². The third kappa shape index (κ3) is 1.64. The fourth-order valence-electron chi connectivity index (χ4n) is 1.46. The molecule has 1 heterocycles. The average molecular weight is 175 g/mol. The summed E-state index contributed by atoms with van der Waals surface area (Å²) < 4.78 is 0. The first-order valence-electron chi connectivity index (χ1n) is 4.58. The number of hydrogen-bond acceptors (Lipinski definition) is 1. The van der Waals surface area contributed by atoms with Gasteiger partial charge in [0.05, 0.1) is 5.70 Å². The molecule has 0 unspecified atom stereocenters. The molecule has 0 amide bonds. The normalized spacial score (nSPS) is 24.5. The number of hydrogen-bond donors (Lipinski definition) is 0. The van der Waals surface area contributed by atoms with Crippen LogP contribution in [0.5, 0.6) is 0 Å². The summed E-state index contributed by atoms with van der Waals surface area (Å²) in [5.41, 5.74) is 3.33. The van der Waals surface area contributed by atoms with E-state index in [0.717, 1.165) is 11.4 Å². The molecular formula is C12H17N. The molecule has 0 aromatic heterocycles. The summed E-state index contributed by atoms with van der Waals surface area (Å²) in [5.74, 6) is 0. The van der Waals surface area contributed by atoms with Gasteiger partial charge < -0.3 is 0 Å². The van der Waals surface area contributed by atoms with Gasteiger partial charge in [0.1, 0.15) is 0 Å². The van der Waals surface area contributed by atoms with Crippen molar-refractivity contribution < 1.29 is 0 Å². The van der Waals surface area contributed by atoms with Gasteiger partial charge in [-0.15, -0.1) is 0 Å². The molecular weight excluding hydrogens is 158 g/mol. The Labute approximate surface area is 80.6 Å². The van der Waals surface area contributed by atoms with E-state index in [1.807, 2.05) is 19.1 Å². The summed E-state index contributed by atoms with van der Waals surface area (Å²) in [4.78, 5) is 4.40. The first-order valence-corrected chi connectivity index (χ1v) is 4.58. The van der Waals surface area contributed by atoms with E-state index in [2.05, 4.69) is 38.4 Å². The highest BCUT2D eigenvalue weighted by Crippen LogP contribution is 2.39. The van der Waals surface area contributed by atoms with Crippen LogP contribution in [0.15, 0.2) is 41.1 Å². The summed E-state index contributed by atoms with van der Waals surface area (Å²) in [6.45, 7) is 12.4. The van der Waals surface area contributed by atoms with Gasteiger partial charge >= 0.3 is 0 Å². The maximum Gasteiger partial charge on any atom is 0.0598 e. The molecule has 0 aliphatic carbocycles. The van der Waals surface area contributed by atoms with Crippen molar-refractivity contribution in [2.24, 2.45) is 10.4 Å². The number of rotatable bonds is 1. The van der Waals surface area contributed by atoms with Crippen molar-refractivity contribution in [1.82, 2.24) is 0 Å². The fourth-order valence-corrected chi connectivity index (χ4v) is 1.46. The molecule has 0 fully saturated rings. The van der Waals surface area contributed by atoms with Gasteiger partial charge in [-0.2, -0.15) is 0 Å². The van der Waals surface area contributed by atoms with Crippen LogP contribution >= 0.6 is 0 Å². The van der Waals surface area contributed by atoms with Crippen molar-refractivity contribution in [2.75, 3.05) is 0 Å². The smallest absolute Gasteiger partial charge is 0.0598 e. The van der Waals surface area contributed by atoms with Gasteiger partial charge in [-0.05, 0) is 19.4 Å². The standard InChI is InChI=1S/C12H17N/c1-6-7-8-11-9(2)13-10(3)12(11,4)5/h6-8H,2H2,1,3-5H3/b7-6-,11-8+. The third-order valence-electron chi connectivity index (χ3n) is 2.65. The van der Waals surface area contributed by atoms with E-state index >= 15 is 0 Å². The summed E-state index contributed by atoms with van der Waals surface area (Å²) in [7, 11) is 0. The highest BCUT2D eigenvalue weighted by atomic mass is 14.8. The monoisotopic (exact) mass is 175 g/mol. The molecule has 0 N–H and O–H groups in total. The lowest BCUT2D eigenvalue weighted by atomic mass is 9.81. The molecule has 1 rings (SSSR count). The predicted molar refractivity (Wildman–Crippen MR) is 58.9 cm³/mol. The van der Waals surface area contributed by atoms with E-state index in [-0.39, 0.29) is 5.41 Å². The van der Waals surface area contributed by atoms with E-state index in [0.29, 0.717) is 0 Å². The van der Waals surface area contributed by atoms with Crippen LogP contribution in [0.2, 0.25) is 0 Å². The highest BCUT2D eigenvalue weighted by Gasteiger charge is 2.33. The summed E-state index contributed by atoms with van der Waals surface area (Å²) in [5, 5.41) is 0. The summed E-state index contributed by atoms with van der Waals surface area (Å²) in [6.07, 6.45) is 6.16. The van der Waals surface area contributed by atoms with Gasteiger partial charge in [0.2, 0.25) is 0 Å². The maximum absolute atomic E-state index is 4.40. The largest absolute Gasteiger partial charge is 0.258 e. The Kier molecular flexibility index (Phi) is 2.55. The zero-order chi connectivity index (χ0) is 10.1. The first-order chi connectivity index (χ1) is 6.00. The number of nitrogens with zero attached hydrogens (tertiary/aromatic N) is 1. The molecule has 1 aliphatic rings. The Morgan fingerprint density at radius 3 is 2.38 bits per heavy atom. The minimum Gasteiger partial charge on any atom is -0.258 e. The molecule has 0 saturated carbocycles. The average Bonchev–Trinajstić information content (AvgIpc) is 2.21. The van der Waals surface area contributed by atoms with E-state index in [4.69, 9.17) is 0 Å². The lowest BCUT2D eigenvalue weighted by molar-refractivity contribution is 0.654. The van der Waals surface area contributed by atoms with Crippen LogP contribution in [-0.2, 0) is 0 Å². The zero-order valence-electron chi connectivity index (χ0n) is 8.89. The van der Waals surface area contributed by atoms with Crippen molar-refractivity contribution in [2.45, 2.75) is 27.7 Å². The second kappa shape index (κ2) is 3.33. The Hall–Kier alpha value is -1.11. The van der Waals surface area contributed by atoms with Crippen LogP contribution in [0.3, 0.4) is 0 Å². The Morgan fingerprint density at radius 1 is 1.38 bits per heavy atom. The number of allylic oxidation sites excluding steroid dienone is 4. The van der Waals surface area contributed by atoms with Crippen molar-refractivity contribution in [3.8, 4) is 0 Å². The minimum atomic E-state index is 0.0522. The highest BCUT2D eigenvalue weighted by molar-refractivity contribution is 5.95. The van der Waals surface area contributed by atoms with E-state index < -0.39 is 0 Å². The molecule has 0 atom stereocenters. The second-order valence-electron chi connectivity index (χ2n) is 3.88. The summed E-state index contributed by atoms with van der Waals surface area (Å²) in [6, 6.07) is 0. The molecule has 1 heteroatoms. The zero-order valence-corrected chi connectivity index (χ0v) is 8.89. The minimum absolute atomic E-state index is 0.0522. The molecule has 0 aromatic carbocycles. The molecule has 13 heavy (non-hydrogen) atoms. The SMILES string of the molecule is C=C1N=C(C)C(C)(C)/C1=C/C=C\C. The van der Waals surface area contributed by atoms with Gasteiger partial charge in [0.15, 0.2) is 0 Å². The van der Waals surface area contributed by atoms with Gasteiger partial charge in [0.25, 0.3) is 0 Å². The van der Waals surface area contributed by atoms with Crippen LogP contribution in [-0.4, -0.2) is 5.71 Å². The third-order valence-corrected chi connectivity index (χ3v) is 2.65. The molecule has 0 saturated heterocycles. The van der Waals surface area contributed by atoms with Gasteiger partial charge in [-0.3, -0.25) is 4.99 Å². The van der Waals surface area contributed by atoms with Gasteiger partial charge in [0, 0.05) is 11.1 Å². The first kappa shape index (κ1) is 9.97. The molecule has 0 radical (unpaired) electrons. The quantitative estimate of drug-likeness (QED) is 0.578. The van der Waals surface area contributed by atoms with Crippen LogP contribution in [0.25, 0.3) is 0 Å². The van der Waals surface area contributed by atoms with Crippen LogP contribution < -0.4 is 0 Å². The molecule has 1 nitrogen and oxygen atoms in total. The molecule has 0 spiro atoms. The van der Waals surface area contributed by atoms with Crippen LogP contribution in [0, 0.1) is 5.41 Å². The van der Waals surface area contributed by atoms with Gasteiger partial charge in [-0.25, -0.2) is 0 Å². The van der Waals surface area contributed by atoms with Crippen molar-refractivity contribution in [1.29, 1.82) is 0 Å². The molecule has 0 aromatic rings. The lowest BCUT2D eigenvalue weighted by Crippen LogP contribution is -2.18. The van der Waals surface area contributed by atoms with E-state index in [1.165, 1.54) is 5.57 Å². The Bertz CT molecular complexity index is 314. The molecule has 70 valence electrons. The summed E-state index contributed by atoms with van der Waals surface area (Å²) >= 11 is 0. The maximum atomic E-state index is 4.40. The Balaban J connectivity index is 3.09. The molecule has 0 bridgehead atoms. The predicted octanol–water partition coefficient (Wildman–Crippen LogP) is 3.50. The number of aliphatic imine (C=N–C) groups is 1. The van der Waals surface area contributed by atoms with E-state index in [1.54, 1.807) is 0 Å².